The molecule has 1 amide bonds. The molecule has 8 heteroatoms. The van der Waals surface area contributed by atoms with Crippen molar-refractivity contribution < 1.29 is 19.8 Å². The van der Waals surface area contributed by atoms with Crippen LogP contribution in [0.4, 0.5) is 0 Å². The highest BCUT2D eigenvalue weighted by atomic mass is 32.2. The van der Waals surface area contributed by atoms with Crippen LogP contribution >= 0.6 is 23.5 Å². The van der Waals surface area contributed by atoms with Crippen LogP contribution in [0.25, 0.3) is 0 Å². The molecule has 3 aliphatic rings. The summed E-state index contributed by atoms with van der Waals surface area (Å²) in [5.74, 6) is -1.91. The number of rotatable bonds is 4. The van der Waals surface area contributed by atoms with Crippen molar-refractivity contribution in [2.75, 3.05) is 13.1 Å². The molecular formula is C13H18N2O4S2. The number of fused-ring (bicyclic) bond motifs is 1. The maximum absolute atomic E-state index is 12.2. The van der Waals surface area contributed by atoms with Gasteiger partial charge in [0.15, 0.2) is 5.70 Å². The van der Waals surface area contributed by atoms with Crippen LogP contribution < -0.4 is 5.32 Å². The fourth-order valence-electron chi connectivity index (χ4n) is 2.89. The molecule has 6 nitrogen and oxygen atoms in total. The number of nitrogens with one attached hydrogen (secondary N) is 1. The number of carbonyl (C=O) groups is 2. The molecule has 2 fully saturated rings. The van der Waals surface area contributed by atoms with Crippen LogP contribution in [0.1, 0.15) is 20.3 Å². The number of amides is 1. The number of β-lactam (4-membered cyclic amide) rings is 1. The third-order valence-electron chi connectivity index (χ3n) is 3.96. The van der Waals surface area contributed by atoms with Gasteiger partial charge in [0.1, 0.15) is 5.37 Å². The summed E-state index contributed by atoms with van der Waals surface area (Å²) in [6, 6.07) is 0. The topological polar surface area (TPSA) is 89.9 Å². The Morgan fingerprint density at radius 1 is 1.52 bits per heavy atom. The lowest BCUT2D eigenvalue weighted by Gasteiger charge is -2.47. The quantitative estimate of drug-likeness (QED) is 0.652. The molecule has 0 aromatic heterocycles. The average Bonchev–Trinajstić information content (AvgIpc) is 2.94. The first kappa shape index (κ1) is 15.2. The van der Waals surface area contributed by atoms with Crippen molar-refractivity contribution in [1.29, 1.82) is 0 Å². The Balaban J connectivity index is 1.83. The fourth-order valence-corrected chi connectivity index (χ4v) is 6.27. The van der Waals surface area contributed by atoms with Gasteiger partial charge in [0, 0.05) is 11.8 Å². The number of nitrogens with zero attached hydrogens (tertiary/aromatic N) is 1. The van der Waals surface area contributed by atoms with Gasteiger partial charge < -0.3 is 15.5 Å². The van der Waals surface area contributed by atoms with Crippen LogP contribution in [0.15, 0.2) is 9.93 Å². The maximum atomic E-state index is 12.2. The fraction of sp³-hybridized carbons (Fsp3) is 0.692. The van der Waals surface area contributed by atoms with E-state index in [0.717, 1.165) is 19.5 Å². The zero-order chi connectivity index (χ0) is 15.4. The Labute approximate surface area is 131 Å². The second-order valence-corrected chi connectivity index (χ2v) is 8.72. The van der Waals surface area contributed by atoms with Gasteiger partial charge in [-0.3, -0.25) is 9.69 Å². The van der Waals surface area contributed by atoms with Gasteiger partial charge in [0.2, 0.25) is 5.91 Å². The SMILES string of the molecule is CC(C)(O)C1C(=O)N2C(C(=O)O)=C(SC3CCNC3)S[C@H]12. The molecule has 21 heavy (non-hydrogen) atoms. The summed E-state index contributed by atoms with van der Waals surface area (Å²) in [4.78, 5) is 25.1. The number of aliphatic hydroxyl groups is 1. The van der Waals surface area contributed by atoms with Crippen LogP contribution in [0.2, 0.25) is 0 Å². The van der Waals surface area contributed by atoms with Gasteiger partial charge in [0.25, 0.3) is 0 Å². The van der Waals surface area contributed by atoms with Gasteiger partial charge >= 0.3 is 5.97 Å². The van der Waals surface area contributed by atoms with Crippen molar-refractivity contribution in [3.8, 4) is 0 Å². The van der Waals surface area contributed by atoms with E-state index in [9.17, 15) is 19.8 Å². The largest absolute Gasteiger partial charge is 0.477 e. The summed E-state index contributed by atoms with van der Waals surface area (Å²) in [7, 11) is 0. The van der Waals surface area contributed by atoms with E-state index in [2.05, 4.69) is 5.32 Å². The zero-order valence-electron chi connectivity index (χ0n) is 11.8. The highest BCUT2D eigenvalue weighted by Gasteiger charge is 2.60. The lowest BCUT2D eigenvalue weighted by atomic mass is 9.83. The second kappa shape index (κ2) is 5.19. The van der Waals surface area contributed by atoms with Crippen LogP contribution in [-0.2, 0) is 9.59 Å². The standard InChI is InChI=1S/C13H18N2O4S2/c1-13(2,19)7-9(16)15-8(11(17)18)12(21-10(7)15)20-6-3-4-14-5-6/h6-7,10,14,19H,3-5H2,1-2H3,(H,17,18)/t6?,7?,10-/m1/s1. The number of thioether (sulfide) groups is 2. The molecule has 3 atom stereocenters. The molecule has 3 N–H and O–H groups in total. The Morgan fingerprint density at radius 3 is 2.76 bits per heavy atom. The lowest BCUT2D eigenvalue weighted by molar-refractivity contribution is -0.163. The first-order valence-electron chi connectivity index (χ1n) is 6.87. The summed E-state index contributed by atoms with van der Waals surface area (Å²) in [6.07, 6.45) is 0.995. The molecule has 0 bridgehead atoms. The van der Waals surface area contributed by atoms with Crippen LogP contribution in [-0.4, -0.2) is 56.3 Å². The van der Waals surface area contributed by atoms with Crippen LogP contribution in [0.3, 0.4) is 0 Å². The molecule has 116 valence electrons. The van der Waals surface area contributed by atoms with Crippen molar-refractivity contribution in [3.63, 3.8) is 0 Å². The Hall–Kier alpha value is -0.700. The van der Waals surface area contributed by atoms with Crippen molar-refractivity contribution in [2.45, 2.75) is 36.5 Å². The molecule has 0 spiro atoms. The zero-order valence-corrected chi connectivity index (χ0v) is 13.5. The minimum Gasteiger partial charge on any atom is -0.477 e. The van der Waals surface area contributed by atoms with Gasteiger partial charge in [-0.15, -0.1) is 11.8 Å². The van der Waals surface area contributed by atoms with E-state index in [1.807, 2.05) is 0 Å². The summed E-state index contributed by atoms with van der Waals surface area (Å²) in [5.41, 5.74) is -1.04. The van der Waals surface area contributed by atoms with Gasteiger partial charge in [-0.05, 0) is 26.8 Å². The van der Waals surface area contributed by atoms with Gasteiger partial charge in [-0.1, -0.05) is 11.8 Å². The van der Waals surface area contributed by atoms with Crippen molar-refractivity contribution in [1.82, 2.24) is 10.2 Å². The first-order chi connectivity index (χ1) is 9.80. The van der Waals surface area contributed by atoms with E-state index in [0.29, 0.717) is 9.49 Å². The number of carboxylic acid groups (broad SMARTS) is 1. The minimum atomic E-state index is -1.14. The summed E-state index contributed by atoms with van der Waals surface area (Å²) in [6.45, 7) is 4.99. The normalized spacial score (nSPS) is 32.4. The predicted molar refractivity (Wildman–Crippen MR) is 81.5 cm³/mol. The molecule has 2 saturated heterocycles. The summed E-state index contributed by atoms with van der Waals surface area (Å²) >= 11 is 2.94. The minimum absolute atomic E-state index is 0.0902. The number of carboxylic acids is 1. The molecule has 0 saturated carbocycles. The molecule has 2 unspecified atom stereocenters. The molecule has 3 heterocycles. The van der Waals surface area contributed by atoms with Gasteiger partial charge in [-0.25, -0.2) is 4.79 Å². The van der Waals surface area contributed by atoms with E-state index in [1.165, 1.54) is 28.4 Å². The highest BCUT2D eigenvalue weighted by molar-refractivity contribution is 8.23. The molecule has 3 rings (SSSR count). The van der Waals surface area contributed by atoms with E-state index >= 15 is 0 Å². The molecule has 3 aliphatic heterocycles. The molecule has 0 radical (unpaired) electrons. The van der Waals surface area contributed by atoms with E-state index in [-0.39, 0.29) is 17.0 Å². The van der Waals surface area contributed by atoms with E-state index in [4.69, 9.17) is 0 Å². The second-order valence-electron chi connectivity index (χ2n) is 6.02. The highest BCUT2D eigenvalue weighted by Crippen LogP contribution is 2.56. The molecule has 0 aliphatic carbocycles. The van der Waals surface area contributed by atoms with E-state index < -0.39 is 17.5 Å². The molecule has 0 aromatic rings. The average molecular weight is 330 g/mol. The monoisotopic (exact) mass is 330 g/mol. The van der Waals surface area contributed by atoms with Crippen LogP contribution in [0, 0.1) is 5.92 Å². The van der Waals surface area contributed by atoms with E-state index in [1.54, 1.807) is 13.8 Å². The summed E-state index contributed by atoms with van der Waals surface area (Å²) < 4.78 is 0.696. The number of hydrogen-bond acceptors (Lipinski definition) is 6. The summed E-state index contributed by atoms with van der Waals surface area (Å²) in [5, 5.41) is 22.8. The third kappa shape index (κ3) is 2.48. The maximum Gasteiger partial charge on any atom is 0.354 e. The Morgan fingerprint density at radius 2 is 2.24 bits per heavy atom. The van der Waals surface area contributed by atoms with Crippen molar-refractivity contribution in [2.24, 2.45) is 5.92 Å². The number of aliphatic carboxylic acids is 1. The Kier molecular flexibility index (Phi) is 3.76. The predicted octanol–water partition coefficient (Wildman–Crippen LogP) is 0.637. The Bertz CT molecular complexity index is 523. The third-order valence-corrected chi connectivity index (χ3v) is 6.81. The van der Waals surface area contributed by atoms with Crippen molar-refractivity contribution >= 4 is 35.4 Å². The lowest BCUT2D eigenvalue weighted by Crippen LogP contribution is -2.64. The molecule has 0 aromatic carbocycles. The molecular weight excluding hydrogens is 312 g/mol. The van der Waals surface area contributed by atoms with Crippen LogP contribution in [0.5, 0.6) is 0 Å². The van der Waals surface area contributed by atoms with Gasteiger partial charge in [0.05, 0.1) is 15.8 Å². The smallest absolute Gasteiger partial charge is 0.354 e. The number of hydrogen-bond donors (Lipinski definition) is 3. The number of carbonyl (C=O) groups excluding carboxylic acids is 1. The first-order valence-corrected chi connectivity index (χ1v) is 8.63. The van der Waals surface area contributed by atoms with Gasteiger partial charge in [-0.2, -0.15) is 0 Å². The van der Waals surface area contributed by atoms with Crippen molar-refractivity contribution in [3.05, 3.63) is 9.93 Å².